The van der Waals surface area contributed by atoms with Crippen molar-refractivity contribution in [1.82, 2.24) is 10.2 Å². The van der Waals surface area contributed by atoms with Gasteiger partial charge in [0, 0.05) is 12.2 Å². The summed E-state index contributed by atoms with van der Waals surface area (Å²) in [4.78, 5) is 25.4. The number of rotatable bonds is 4. The number of amides is 2. The van der Waals surface area contributed by atoms with Crippen LogP contribution in [0.3, 0.4) is 0 Å². The molecule has 1 atom stereocenters. The molecule has 17 heavy (non-hydrogen) atoms. The van der Waals surface area contributed by atoms with E-state index in [1.54, 1.807) is 23.6 Å². The molecule has 0 spiro atoms. The van der Waals surface area contributed by atoms with Crippen molar-refractivity contribution in [2.75, 3.05) is 18.2 Å². The molecular formula is C11H18N2O3S. The van der Waals surface area contributed by atoms with Crippen LogP contribution in [0.2, 0.25) is 0 Å². The molecule has 1 aliphatic heterocycles. The minimum Gasteiger partial charge on any atom is -0.394 e. The average molecular weight is 258 g/mol. The molecule has 0 bridgehead atoms. The Balaban J connectivity index is 1.96. The molecule has 6 heteroatoms. The molecule has 0 radical (unpaired) electrons. The van der Waals surface area contributed by atoms with Crippen LogP contribution in [-0.2, 0) is 9.59 Å². The second-order valence-corrected chi connectivity index (χ2v) is 5.66. The standard InChI is InChI=1S/C11H18N2O3S/c1-2-9(15)13-7-17-5-8(13)10(16)12-11(6-14)3-4-11/h8,14H,2-7H2,1H3,(H,12,16). The Labute approximate surface area is 105 Å². The van der Waals surface area contributed by atoms with E-state index in [9.17, 15) is 9.59 Å². The fourth-order valence-corrected chi connectivity index (χ4v) is 3.11. The van der Waals surface area contributed by atoms with E-state index in [0.29, 0.717) is 18.1 Å². The third-order valence-electron chi connectivity index (χ3n) is 3.35. The van der Waals surface area contributed by atoms with Gasteiger partial charge in [0.25, 0.3) is 0 Å². The first-order valence-electron chi connectivity index (χ1n) is 5.92. The van der Waals surface area contributed by atoms with Crippen LogP contribution >= 0.6 is 11.8 Å². The lowest BCUT2D eigenvalue weighted by atomic mass is 10.2. The van der Waals surface area contributed by atoms with Crippen molar-refractivity contribution in [3.8, 4) is 0 Å². The van der Waals surface area contributed by atoms with Crippen molar-refractivity contribution in [2.45, 2.75) is 37.8 Å². The van der Waals surface area contributed by atoms with Gasteiger partial charge in [-0.3, -0.25) is 9.59 Å². The van der Waals surface area contributed by atoms with E-state index in [1.807, 2.05) is 0 Å². The molecule has 1 saturated heterocycles. The number of thioether (sulfide) groups is 1. The van der Waals surface area contributed by atoms with E-state index in [-0.39, 0.29) is 24.5 Å². The van der Waals surface area contributed by atoms with Crippen molar-refractivity contribution in [3.63, 3.8) is 0 Å². The summed E-state index contributed by atoms with van der Waals surface area (Å²) in [5.41, 5.74) is -0.398. The van der Waals surface area contributed by atoms with Crippen LogP contribution in [0.5, 0.6) is 0 Å². The van der Waals surface area contributed by atoms with E-state index >= 15 is 0 Å². The van der Waals surface area contributed by atoms with Crippen LogP contribution in [0.15, 0.2) is 0 Å². The molecule has 96 valence electrons. The summed E-state index contributed by atoms with van der Waals surface area (Å²) in [6, 6.07) is -0.364. The number of carbonyl (C=O) groups excluding carboxylic acids is 2. The van der Waals surface area contributed by atoms with E-state index in [2.05, 4.69) is 5.32 Å². The van der Waals surface area contributed by atoms with Crippen molar-refractivity contribution < 1.29 is 14.7 Å². The summed E-state index contributed by atoms with van der Waals surface area (Å²) in [5.74, 6) is 1.14. The van der Waals surface area contributed by atoms with Gasteiger partial charge in [-0.1, -0.05) is 6.92 Å². The highest BCUT2D eigenvalue weighted by molar-refractivity contribution is 7.99. The molecule has 1 unspecified atom stereocenters. The van der Waals surface area contributed by atoms with Gasteiger partial charge in [-0.25, -0.2) is 0 Å². The molecule has 2 aliphatic rings. The molecular weight excluding hydrogens is 240 g/mol. The Morgan fingerprint density at radius 3 is 2.76 bits per heavy atom. The van der Waals surface area contributed by atoms with Gasteiger partial charge < -0.3 is 15.3 Å². The highest BCUT2D eigenvalue weighted by Gasteiger charge is 2.46. The highest BCUT2D eigenvalue weighted by atomic mass is 32.2. The predicted octanol–water partition coefficient (Wildman–Crippen LogP) is -0.0610. The summed E-state index contributed by atoms with van der Waals surface area (Å²) in [5, 5.41) is 12.0. The quantitative estimate of drug-likeness (QED) is 0.741. The summed E-state index contributed by atoms with van der Waals surface area (Å²) >= 11 is 1.60. The van der Waals surface area contributed by atoms with Crippen LogP contribution in [0.25, 0.3) is 0 Å². The molecule has 1 heterocycles. The molecule has 0 aromatic carbocycles. The van der Waals surface area contributed by atoms with E-state index < -0.39 is 5.54 Å². The zero-order valence-corrected chi connectivity index (χ0v) is 10.8. The van der Waals surface area contributed by atoms with Gasteiger partial charge in [0.1, 0.15) is 6.04 Å². The fraction of sp³-hybridized carbons (Fsp3) is 0.818. The number of carbonyl (C=O) groups is 2. The molecule has 1 saturated carbocycles. The Bertz CT molecular complexity index is 331. The smallest absolute Gasteiger partial charge is 0.244 e. The van der Waals surface area contributed by atoms with Gasteiger partial charge in [-0.2, -0.15) is 0 Å². The predicted molar refractivity (Wildman–Crippen MR) is 65.4 cm³/mol. The first-order chi connectivity index (χ1) is 8.12. The van der Waals surface area contributed by atoms with Crippen LogP contribution < -0.4 is 5.32 Å². The van der Waals surface area contributed by atoms with Gasteiger partial charge in [0.05, 0.1) is 18.0 Å². The van der Waals surface area contributed by atoms with Crippen molar-refractivity contribution >= 4 is 23.6 Å². The first kappa shape index (κ1) is 12.7. The normalized spacial score (nSPS) is 25.8. The van der Waals surface area contributed by atoms with E-state index in [4.69, 9.17) is 5.11 Å². The lowest BCUT2D eigenvalue weighted by Crippen LogP contribution is -2.51. The molecule has 2 fully saturated rings. The summed E-state index contributed by atoms with van der Waals surface area (Å²) < 4.78 is 0. The van der Waals surface area contributed by atoms with E-state index in [1.165, 1.54) is 0 Å². The van der Waals surface area contributed by atoms with Crippen molar-refractivity contribution in [3.05, 3.63) is 0 Å². The maximum Gasteiger partial charge on any atom is 0.244 e. The Morgan fingerprint density at radius 1 is 1.53 bits per heavy atom. The van der Waals surface area contributed by atoms with Gasteiger partial charge in [-0.05, 0) is 12.8 Å². The number of aliphatic hydroxyl groups is 1. The summed E-state index contributed by atoms with van der Waals surface area (Å²) in [6.45, 7) is 1.79. The highest BCUT2D eigenvalue weighted by Crippen LogP contribution is 2.35. The third kappa shape index (κ3) is 2.57. The number of nitrogens with one attached hydrogen (secondary N) is 1. The van der Waals surface area contributed by atoms with Gasteiger partial charge >= 0.3 is 0 Å². The van der Waals surface area contributed by atoms with Crippen molar-refractivity contribution in [1.29, 1.82) is 0 Å². The zero-order valence-electron chi connectivity index (χ0n) is 9.94. The lowest BCUT2D eigenvalue weighted by Gasteiger charge is -2.24. The molecule has 1 aliphatic carbocycles. The van der Waals surface area contributed by atoms with Crippen LogP contribution in [0, 0.1) is 0 Å². The number of hydrogen-bond donors (Lipinski definition) is 2. The first-order valence-corrected chi connectivity index (χ1v) is 7.07. The second-order valence-electron chi connectivity index (χ2n) is 4.66. The maximum absolute atomic E-state index is 12.1. The Hall–Kier alpha value is -0.750. The van der Waals surface area contributed by atoms with Gasteiger partial charge in [0.15, 0.2) is 0 Å². The van der Waals surface area contributed by atoms with Crippen molar-refractivity contribution in [2.24, 2.45) is 0 Å². The molecule has 2 amide bonds. The fourth-order valence-electron chi connectivity index (χ4n) is 1.93. The van der Waals surface area contributed by atoms with E-state index in [0.717, 1.165) is 12.8 Å². The Kier molecular flexibility index (Phi) is 3.63. The van der Waals surface area contributed by atoms with Gasteiger partial charge in [0.2, 0.25) is 11.8 Å². The van der Waals surface area contributed by atoms with Crippen LogP contribution in [-0.4, -0.2) is 51.6 Å². The largest absolute Gasteiger partial charge is 0.394 e. The van der Waals surface area contributed by atoms with Gasteiger partial charge in [-0.15, -0.1) is 11.8 Å². The maximum atomic E-state index is 12.1. The molecule has 5 nitrogen and oxygen atoms in total. The number of aliphatic hydroxyl groups excluding tert-OH is 1. The minimum atomic E-state index is -0.398. The number of nitrogens with zero attached hydrogens (tertiary/aromatic N) is 1. The Morgan fingerprint density at radius 2 is 2.24 bits per heavy atom. The molecule has 0 aromatic heterocycles. The minimum absolute atomic E-state index is 0.0136. The topological polar surface area (TPSA) is 69.6 Å². The molecule has 2 rings (SSSR count). The summed E-state index contributed by atoms with van der Waals surface area (Å²) in [7, 11) is 0. The van der Waals surface area contributed by atoms with Crippen LogP contribution in [0.4, 0.5) is 0 Å². The molecule has 0 aromatic rings. The summed E-state index contributed by atoms with van der Waals surface area (Å²) in [6.07, 6.45) is 2.09. The second kappa shape index (κ2) is 4.86. The number of hydrogen-bond acceptors (Lipinski definition) is 4. The van der Waals surface area contributed by atoms with Crippen LogP contribution in [0.1, 0.15) is 26.2 Å². The monoisotopic (exact) mass is 258 g/mol. The third-order valence-corrected chi connectivity index (χ3v) is 4.36. The lowest BCUT2D eigenvalue weighted by molar-refractivity contribution is -0.138. The zero-order chi connectivity index (χ0) is 12.5. The molecule has 2 N–H and O–H groups in total. The SMILES string of the molecule is CCC(=O)N1CSCC1C(=O)NC1(CO)CC1. The average Bonchev–Trinajstić information content (AvgIpc) is 2.93.